The third-order valence-electron chi connectivity index (χ3n) is 9.57. The molecule has 7 aromatic carbocycles. The Hall–Kier alpha value is -2.71. The molecule has 7 rings (SSSR count). The van der Waals surface area contributed by atoms with Crippen LogP contribution in [0.25, 0.3) is 0 Å². The van der Waals surface area contributed by atoms with E-state index in [1.807, 2.05) is 0 Å². The van der Waals surface area contributed by atoms with Crippen molar-refractivity contribution in [3.63, 3.8) is 0 Å². The number of benzene rings is 7. The van der Waals surface area contributed by atoms with Crippen LogP contribution in [0, 0.1) is 29.7 Å². The van der Waals surface area contributed by atoms with Gasteiger partial charge in [0.25, 0.3) is 0 Å². The van der Waals surface area contributed by atoms with Gasteiger partial charge in [-0.1, -0.05) is 183 Å². The van der Waals surface area contributed by atoms with E-state index in [0.29, 0.717) is 0 Å². The second-order valence-electron chi connectivity index (χ2n) is 13.8. The van der Waals surface area contributed by atoms with E-state index in [4.69, 9.17) is 0 Å². The van der Waals surface area contributed by atoms with Crippen LogP contribution in [0.3, 0.4) is 0 Å². The molecule has 0 aliphatic rings. The summed E-state index contributed by atoms with van der Waals surface area (Å²) >= 11 is 0. The van der Waals surface area contributed by atoms with Crippen LogP contribution >= 0.6 is 0 Å². The maximum Gasteiger partial charge on any atom is 0 e. The summed E-state index contributed by atoms with van der Waals surface area (Å²) in [5.74, 6) is 0. The second kappa shape index (κ2) is 29.5. The average molecular weight is 1440 g/mol. The van der Waals surface area contributed by atoms with E-state index in [1.54, 1.807) is 0 Å². The molecule has 0 N–H and O–H groups in total. The number of aryl methyl sites for hydroxylation is 1. The molecule has 0 aromatic heterocycles. The van der Waals surface area contributed by atoms with Gasteiger partial charge in [0.15, 0.2) is 0 Å². The fourth-order valence-electron chi connectivity index (χ4n) is 7.34. The van der Waals surface area contributed by atoms with Crippen LogP contribution in [0.1, 0.15) is 79.2 Å². The van der Waals surface area contributed by atoms with Gasteiger partial charge in [-0.2, -0.15) is 0 Å². The maximum absolute atomic E-state index is 2.46. The molecular weight excluding hydrogens is 1380 g/mol. The average Bonchev–Trinajstić information content (AvgIpc) is 3.13. The molecule has 0 bridgehead atoms. The molecule has 302 valence electrons. The van der Waals surface area contributed by atoms with Gasteiger partial charge in [0, 0.05) is 84.3 Å². The Kier molecular flexibility index (Phi) is 29.2. The van der Waals surface area contributed by atoms with Crippen molar-refractivity contribution < 1.29 is 84.3 Å². The molecule has 0 spiro atoms. The first kappa shape index (κ1) is 57.4. The van der Waals surface area contributed by atoms with Gasteiger partial charge in [-0.3, -0.25) is 0 Å². The monoisotopic (exact) mass is 1440 g/mol. The molecule has 0 radical (unpaired) electrons. The first-order valence-corrected chi connectivity index (χ1v) is 18.1. The topological polar surface area (TPSA) is 0 Å². The molecule has 0 aliphatic heterocycles. The van der Waals surface area contributed by atoms with E-state index < -0.39 is 0 Å². The minimum atomic E-state index is 0. The minimum absolute atomic E-state index is 0. The van der Waals surface area contributed by atoms with Crippen LogP contribution in [0.2, 0.25) is 0 Å². The Morgan fingerprint density at radius 1 is 0.224 bits per heavy atom. The van der Waals surface area contributed by atoms with Gasteiger partial charge in [0.2, 0.25) is 0 Å². The predicted molar refractivity (Wildman–Crippen MR) is 237 cm³/mol. The van der Waals surface area contributed by atoms with Crippen molar-refractivity contribution in [2.24, 2.45) is 0 Å². The van der Waals surface area contributed by atoms with E-state index in [1.165, 1.54) is 72.3 Å². The van der Waals surface area contributed by atoms with Gasteiger partial charge < -0.3 is 29.7 Å². The normalized spacial score (nSPS) is 9.53. The molecular formula is C54H58W4-4. The van der Waals surface area contributed by atoms with Crippen molar-refractivity contribution in [2.45, 2.75) is 51.9 Å². The SMILES string of the molecule is CCc1cc(Cc2cc(Cc3ccccc3)cc(Cc3ccccc3)c2)cc(Cc2cc(Cc3ccccc3)cc(Cc3ccccc3)c2)c1.[CH3-].[CH3-].[CH3-].[CH3-].[W].[W].[W].[W]. The van der Waals surface area contributed by atoms with E-state index in [-0.39, 0.29) is 114 Å². The molecule has 0 fully saturated rings. The molecule has 7 aromatic rings. The van der Waals surface area contributed by atoms with E-state index >= 15 is 0 Å². The standard InChI is InChI=1S/C50H46.4CH3.4W/c1-2-38-23-43(30-49-34-45(25-39-15-7-3-8-16-39)32-46(35-49)26-40-17-9-4-10-18-40)29-44(24-38)31-50-36-47(27-41-19-11-5-12-20-41)33-48(37-50)28-42-21-13-6-14-22-42;;;;;;;;/h3-24,29,32-37H,2,25-28,30-31H2,1H3;4*1H3;;;;/q;4*-1;;;;. The summed E-state index contributed by atoms with van der Waals surface area (Å²) in [5.41, 5.74) is 17.9. The Balaban J connectivity index is 0. The second-order valence-corrected chi connectivity index (χ2v) is 13.8. The summed E-state index contributed by atoms with van der Waals surface area (Å²) in [7, 11) is 0. The first-order chi connectivity index (χ1) is 24.6. The summed E-state index contributed by atoms with van der Waals surface area (Å²) in [6, 6.07) is 65.3. The number of rotatable bonds is 13. The third-order valence-corrected chi connectivity index (χ3v) is 9.57. The van der Waals surface area contributed by atoms with Gasteiger partial charge in [0.1, 0.15) is 0 Å². The summed E-state index contributed by atoms with van der Waals surface area (Å²) in [6.07, 6.45) is 6.67. The van der Waals surface area contributed by atoms with Gasteiger partial charge in [-0.05, 0) is 117 Å². The van der Waals surface area contributed by atoms with Crippen molar-refractivity contribution in [1.82, 2.24) is 0 Å². The van der Waals surface area contributed by atoms with E-state index in [0.717, 1.165) is 44.9 Å². The van der Waals surface area contributed by atoms with Crippen LogP contribution in [-0.4, -0.2) is 0 Å². The van der Waals surface area contributed by atoms with Crippen LogP contribution < -0.4 is 0 Å². The minimum Gasteiger partial charge on any atom is -0.358 e. The van der Waals surface area contributed by atoms with Gasteiger partial charge in [-0.25, -0.2) is 0 Å². The molecule has 0 amide bonds. The molecule has 0 unspecified atom stereocenters. The van der Waals surface area contributed by atoms with Gasteiger partial charge in [0.05, 0.1) is 0 Å². The van der Waals surface area contributed by atoms with E-state index in [2.05, 4.69) is 183 Å². The quantitative estimate of drug-likeness (QED) is 0.101. The zero-order valence-corrected chi connectivity index (χ0v) is 46.6. The van der Waals surface area contributed by atoms with Crippen molar-refractivity contribution in [3.8, 4) is 0 Å². The molecule has 0 heterocycles. The number of hydrogen-bond donors (Lipinski definition) is 0. The van der Waals surface area contributed by atoms with Crippen LogP contribution in [0.15, 0.2) is 176 Å². The van der Waals surface area contributed by atoms with E-state index in [9.17, 15) is 0 Å². The third kappa shape index (κ3) is 17.5. The van der Waals surface area contributed by atoms with Crippen molar-refractivity contribution in [3.05, 3.63) is 278 Å². The van der Waals surface area contributed by atoms with Crippen LogP contribution in [0.5, 0.6) is 0 Å². The Morgan fingerprint density at radius 3 is 0.552 bits per heavy atom. The van der Waals surface area contributed by atoms with Crippen molar-refractivity contribution in [1.29, 1.82) is 0 Å². The molecule has 58 heavy (non-hydrogen) atoms. The zero-order valence-electron chi connectivity index (χ0n) is 34.8. The summed E-state index contributed by atoms with van der Waals surface area (Å²) < 4.78 is 0. The summed E-state index contributed by atoms with van der Waals surface area (Å²) in [5, 5.41) is 0. The zero-order chi connectivity index (χ0) is 34.0. The van der Waals surface area contributed by atoms with Crippen molar-refractivity contribution >= 4 is 0 Å². The first-order valence-electron chi connectivity index (χ1n) is 18.1. The largest absolute Gasteiger partial charge is 0.358 e. The fraction of sp³-hybridized carbons (Fsp3) is 0.148. The molecule has 0 saturated heterocycles. The smallest absolute Gasteiger partial charge is 0 e. The fourth-order valence-corrected chi connectivity index (χ4v) is 7.34. The Morgan fingerprint density at radius 2 is 0.379 bits per heavy atom. The molecule has 0 atom stereocenters. The molecule has 0 aliphatic carbocycles. The molecule has 0 saturated carbocycles. The van der Waals surface area contributed by atoms with Crippen LogP contribution in [-0.2, 0) is 129 Å². The Labute approximate surface area is 410 Å². The molecule has 0 nitrogen and oxygen atoms in total. The Bertz CT molecular complexity index is 1860. The van der Waals surface area contributed by atoms with Gasteiger partial charge >= 0.3 is 0 Å². The summed E-state index contributed by atoms with van der Waals surface area (Å²) in [4.78, 5) is 0. The molecule has 4 heteroatoms. The summed E-state index contributed by atoms with van der Waals surface area (Å²) in [6.45, 7) is 2.28. The number of hydrogen-bond acceptors (Lipinski definition) is 0. The maximum atomic E-state index is 2.46. The van der Waals surface area contributed by atoms with Crippen LogP contribution in [0.4, 0.5) is 0 Å². The predicted octanol–water partition coefficient (Wildman–Crippen LogP) is 13.6. The van der Waals surface area contributed by atoms with Gasteiger partial charge in [-0.15, -0.1) is 0 Å². The van der Waals surface area contributed by atoms with Crippen molar-refractivity contribution in [2.75, 3.05) is 0 Å².